The van der Waals surface area contributed by atoms with Crippen LogP contribution in [0, 0.1) is 0 Å². The Bertz CT molecular complexity index is 796. The first-order valence-corrected chi connectivity index (χ1v) is 9.46. The molecule has 2 aliphatic rings. The maximum absolute atomic E-state index is 12.7. The monoisotopic (exact) mass is 372 g/mol. The molecule has 0 saturated heterocycles. The molecule has 1 aromatic carbocycles. The minimum Gasteiger partial charge on any atom is -0.480 e. The number of aliphatic carboxylic acids is 1. The molecule has 1 aromatic rings. The molecule has 1 fully saturated rings. The number of carbonyl (C=O) groups excluding carboxylic acids is 3. The zero-order chi connectivity index (χ0) is 19.6. The van der Waals surface area contributed by atoms with E-state index in [0.29, 0.717) is 24.9 Å². The molecule has 3 rings (SSSR count). The van der Waals surface area contributed by atoms with Gasteiger partial charge in [-0.3, -0.25) is 19.3 Å². The smallest absolute Gasteiger partial charge is 0.329 e. The van der Waals surface area contributed by atoms with Crippen LogP contribution < -0.4 is 5.32 Å². The lowest BCUT2D eigenvalue weighted by molar-refractivity contribution is -0.145. The van der Waals surface area contributed by atoms with Crippen molar-refractivity contribution >= 4 is 23.7 Å². The highest BCUT2D eigenvalue weighted by atomic mass is 16.4. The van der Waals surface area contributed by atoms with Crippen LogP contribution in [0.3, 0.4) is 0 Å². The van der Waals surface area contributed by atoms with Crippen LogP contribution in [0.25, 0.3) is 0 Å². The van der Waals surface area contributed by atoms with E-state index in [0.717, 1.165) is 32.1 Å². The van der Waals surface area contributed by atoms with E-state index in [1.807, 2.05) is 6.92 Å². The third-order valence-corrected chi connectivity index (χ3v) is 5.44. The first kappa shape index (κ1) is 19.1. The predicted octanol–water partition coefficient (Wildman–Crippen LogP) is 2.60. The van der Waals surface area contributed by atoms with Gasteiger partial charge in [-0.2, -0.15) is 0 Å². The van der Waals surface area contributed by atoms with Gasteiger partial charge >= 0.3 is 5.97 Å². The number of rotatable bonds is 6. The van der Waals surface area contributed by atoms with E-state index in [-0.39, 0.29) is 17.0 Å². The lowest BCUT2D eigenvalue weighted by Gasteiger charge is -2.34. The van der Waals surface area contributed by atoms with Crippen molar-refractivity contribution < 1.29 is 24.3 Å². The third kappa shape index (κ3) is 3.46. The Morgan fingerprint density at radius 1 is 1.11 bits per heavy atom. The molecule has 2 N–H and O–H groups in total. The van der Waals surface area contributed by atoms with Gasteiger partial charge in [0.05, 0.1) is 11.1 Å². The topological polar surface area (TPSA) is 104 Å². The molecule has 1 aliphatic heterocycles. The second kappa shape index (κ2) is 7.50. The summed E-state index contributed by atoms with van der Waals surface area (Å²) in [5, 5.41) is 12.3. The molecule has 0 spiro atoms. The number of carbonyl (C=O) groups is 4. The van der Waals surface area contributed by atoms with Gasteiger partial charge < -0.3 is 10.4 Å². The number of carboxylic acids is 1. The minimum absolute atomic E-state index is 0.193. The fourth-order valence-electron chi connectivity index (χ4n) is 3.79. The molecule has 7 nitrogen and oxygen atoms in total. The predicted molar refractivity (Wildman–Crippen MR) is 97.6 cm³/mol. The molecule has 7 heteroatoms. The fraction of sp³-hybridized carbons (Fsp3) is 0.500. The zero-order valence-electron chi connectivity index (χ0n) is 15.4. The van der Waals surface area contributed by atoms with Crippen LogP contribution in [0.2, 0.25) is 0 Å². The number of unbranched alkanes of at least 4 members (excludes halogenated alkanes) is 1. The number of hydrogen-bond donors (Lipinski definition) is 2. The van der Waals surface area contributed by atoms with Gasteiger partial charge in [-0.1, -0.05) is 32.6 Å². The van der Waals surface area contributed by atoms with Crippen molar-refractivity contribution in [1.82, 2.24) is 10.2 Å². The van der Waals surface area contributed by atoms with Crippen molar-refractivity contribution in [2.75, 3.05) is 6.54 Å². The Balaban J connectivity index is 1.82. The zero-order valence-corrected chi connectivity index (χ0v) is 15.4. The summed E-state index contributed by atoms with van der Waals surface area (Å²) in [5.74, 6) is -2.31. The Morgan fingerprint density at radius 2 is 1.78 bits per heavy atom. The van der Waals surface area contributed by atoms with Gasteiger partial charge in [-0.25, -0.2) is 4.79 Å². The van der Waals surface area contributed by atoms with Crippen LogP contribution in [0.15, 0.2) is 18.2 Å². The lowest BCUT2D eigenvalue weighted by atomic mass is 9.81. The summed E-state index contributed by atoms with van der Waals surface area (Å²) in [6.45, 7) is 2.33. The van der Waals surface area contributed by atoms with Crippen LogP contribution in [-0.4, -0.2) is 45.8 Å². The number of nitrogens with zero attached hydrogens (tertiary/aromatic N) is 1. The van der Waals surface area contributed by atoms with E-state index in [9.17, 15) is 24.3 Å². The van der Waals surface area contributed by atoms with E-state index in [2.05, 4.69) is 5.32 Å². The number of amides is 3. The van der Waals surface area contributed by atoms with E-state index < -0.39 is 23.3 Å². The van der Waals surface area contributed by atoms with Gasteiger partial charge in [0.1, 0.15) is 5.54 Å². The van der Waals surface area contributed by atoms with Crippen molar-refractivity contribution in [2.45, 2.75) is 57.4 Å². The first-order valence-electron chi connectivity index (χ1n) is 9.46. The van der Waals surface area contributed by atoms with Gasteiger partial charge in [0.15, 0.2) is 0 Å². The van der Waals surface area contributed by atoms with Gasteiger partial charge in [0.25, 0.3) is 17.7 Å². The Kier molecular flexibility index (Phi) is 5.30. The standard InChI is InChI=1S/C20H24N2O5/c1-2-3-11-22-17(24)14-8-7-13(12-15(14)18(22)25)16(23)21-20(19(26)27)9-5-4-6-10-20/h7-8,12H,2-6,9-11H2,1H3,(H,21,23)(H,26,27). The Morgan fingerprint density at radius 3 is 2.41 bits per heavy atom. The molecule has 0 atom stereocenters. The first-order chi connectivity index (χ1) is 12.9. The summed E-state index contributed by atoms with van der Waals surface area (Å²) in [6, 6.07) is 4.35. The minimum atomic E-state index is -1.26. The third-order valence-electron chi connectivity index (χ3n) is 5.44. The molecule has 1 saturated carbocycles. The molecular weight excluding hydrogens is 348 g/mol. The largest absolute Gasteiger partial charge is 0.480 e. The summed E-state index contributed by atoms with van der Waals surface area (Å²) in [6.07, 6.45) is 4.81. The quantitative estimate of drug-likeness (QED) is 0.747. The van der Waals surface area contributed by atoms with Crippen molar-refractivity contribution in [1.29, 1.82) is 0 Å². The van der Waals surface area contributed by atoms with E-state index >= 15 is 0 Å². The summed E-state index contributed by atoms with van der Waals surface area (Å²) >= 11 is 0. The highest BCUT2D eigenvalue weighted by molar-refractivity contribution is 6.22. The van der Waals surface area contributed by atoms with Crippen LogP contribution >= 0.6 is 0 Å². The Hall–Kier alpha value is -2.70. The Labute approximate surface area is 157 Å². The second-order valence-electron chi connectivity index (χ2n) is 7.28. The molecule has 0 aromatic heterocycles. The van der Waals surface area contributed by atoms with Gasteiger partial charge in [-0.15, -0.1) is 0 Å². The van der Waals surface area contributed by atoms with Crippen LogP contribution in [-0.2, 0) is 4.79 Å². The van der Waals surface area contributed by atoms with Crippen LogP contribution in [0.5, 0.6) is 0 Å². The van der Waals surface area contributed by atoms with Gasteiger partial charge in [0.2, 0.25) is 0 Å². The number of imide groups is 1. The average molecular weight is 372 g/mol. The normalized spacial score (nSPS) is 18.3. The fourth-order valence-corrected chi connectivity index (χ4v) is 3.79. The van der Waals surface area contributed by atoms with E-state index in [1.54, 1.807) is 0 Å². The van der Waals surface area contributed by atoms with Crippen molar-refractivity contribution in [3.8, 4) is 0 Å². The van der Waals surface area contributed by atoms with Crippen molar-refractivity contribution in [2.24, 2.45) is 0 Å². The maximum atomic E-state index is 12.7. The second-order valence-corrected chi connectivity index (χ2v) is 7.28. The molecule has 1 heterocycles. The average Bonchev–Trinajstić information content (AvgIpc) is 2.90. The SMILES string of the molecule is CCCCN1C(=O)c2ccc(C(=O)NC3(C(=O)O)CCCCC3)cc2C1=O. The molecule has 0 radical (unpaired) electrons. The highest BCUT2D eigenvalue weighted by Crippen LogP contribution is 2.30. The summed E-state index contributed by atoms with van der Waals surface area (Å²) in [5.41, 5.74) is -0.574. The maximum Gasteiger partial charge on any atom is 0.329 e. The van der Waals surface area contributed by atoms with E-state index in [1.165, 1.54) is 23.1 Å². The van der Waals surface area contributed by atoms with Crippen molar-refractivity contribution in [3.05, 3.63) is 34.9 Å². The number of benzene rings is 1. The summed E-state index contributed by atoms with van der Waals surface area (Å²) in [4.78, 5) is 50.5. The number of hydrogen-bond acceptors (Lipinski definition) is 4. The number of nitrogens with one attached hydrogen (secondary N) is 1. The molecule has 0 unspecified atom stereocenters. The highest BCUT2D eigenvalue weighted by Gasteiger charge is 2.41. The molecule has 3 amide bonds. The molecule has 0 bridgehead atoms. The van der Waals surface area contributed by atoms with Crippen LogP contribution in [0.1, 0.15) is 82.9 Å². The lowest BCUT2D eigenvalue weighted by Crippen LogP contribution is -2.55. The van der Waals surface area contributed by atoms with Gasteiger partial charge in [-0.05, 0) is 37.5 Å². The van der Waals surface area contributed by atoms with Crippen LogP contribution in [0.4, 0.5) is 0 Å². The molecule has 1 aliphatic carbocycles. The summed E-state index contributed by atoms with van der Waals surface area (Å²) < 4.78 is 0. The summed E-state index contributed by atoms with van der Waals surface area (Å²) in [7, 11) is 0. The molecule has 144 valence electrons. The van der Waals surface area contributed by atoms with Crippen molar-refractivity contribution in [3.63, 3.8) is 0 Å². The van der Waals surface area contributed by atoms with E-state index in [4.69, 9.17) is 0 Å². The number of fused-ring (bicyclic) bond motifs is 1. The number of carboxylic acid groups (broad SMARTS) is 1. The molecular formula is C20H24N2O5. The molecule has 27 heavy (non-hydrogen) atoms. The van der Waals surface area contributed by atoms with Gasteiger partial charge in [0, 0.05) is 12.1 Å².